The van der Waals surface area contributed by atoms with E-state index in [-0.39, 0.29) is 17.6 Å². The van der Waals surface area contributed by atoms with Crippen LogP contribution >= 0.6 is 0 Å². The molecule has 2 amide bonds. The van der Waals surface area contributed by atoms with Crippen LogP contribution in [0.3, 0.4) is 0 Å². The second kappa shape index (κ2) is 7.63. The Kier molecular flexibility index (Phi) is 5.17. The van der Waals surface area contributed by atoms with Crippen molar-refractivity contribution >= 4 is 11.8 Å². The molecule has 2 aliphatic rings. The van der Waals surface area contributed by atoms with Crippen LogP contribution in [0.5, 0.6) is 0 Å². The molecular formula is C22H26FN3O3. The standard InChI is InChI=1S/C22H26FN3O3/c1-15-10-19(16(2)29-15)21(28)26-9-7-22(14-26)13-25(8-6-20(27)24-22)12-17-4-3-5-18(23)11-17/h3-5,10-11H,6-9,12-14H2,1-2H3,(H,24,27). The number of rotatable bonds is 3. The van der Waals surface area contributed by atoms with E-state index in [4.69, 9.17) is 4.42 Å². The fourth-order valence-corrected chi connectivity index (χ4v) is 4.48. The highest BCUT2D eigenvalue weighted by Gasteiger charge is 2.44. The minimum atomic E-state index is -0.483. The minimum Gasteiger partial charge on any atom is -0.466 e. The third-order valence-corrected chi connectivity index (χ3v) is 5.79. The van der Waals surface area contributed by atoms with Crippen molar-refractivity contribution in [2.75, 3.05) is 26.2 Å². The van der Waals surface area contributed by atoms with Crippen molar-refractivity contribution in [1.29, 1.82) is 0 Å². The first-order valence-corrected chi connectivity index (χ1v) is 9.98. The molecular weight excluding hydrogens is 373 g/mol. The molecule has 2 saturated heterocycles. The summed E-state index contributed by atoms with van der Waals surface area (Å²) in [6, 6.07) is 8.32. The SMILES string of the molecule is Cc1cc(C(=O)N2CCC3(CN(Cc4cccc(F)c4)CCC(=O)N3)C2)c(C)o1. The van der Waals surface area contributed by atoms with Crippen molar-refractivity contribution in [1.82, 2.24) is 15.1 Å². The van der Waals surface area contributed by atoms with Gasteiger partial charge in [0.25, 0.3) is 5.91 Å². The highest BCUT2D eigenvalue weighted by molar-refractivity contribution is 5.95. The van der Waals surface area contributed by atoms with Crippen molar-refractivity contribution in [3.8, 4) is 0 Å². The fourth-order valence-electron chi connectivity index (χ4n) is 4.48. The van der Waals surface area contributed by atoms with Gasteiger partial charge in [0.15, 0.2) is 0 Å². The maximum atomic E-state index is 13.6. The highest BCUT2D eigenvalue weighted by Crippen LogP contribution is 2.28. The Hall–Kier alpha value is -2.67. The van der Waals surface area contributed by atoms with Gasteiger partial charge in [-0.2, -0.15) is 0 Å². The number of carbonyl (C=O) groups excluding carboxylic acids is 2. The topological polar surface area (TPSA) is 65.8 Å². The van der Waals surface area contributed by atoms with Gasteiger partial charge < -0.3 is 14.6 Å². The Balaban J connectivity index is 1.50. The zero-order valence-electron chi connectivity index (χ0n) is 16.8. The minimum absolute atomic E-state index is 0.00335. The van der Waals surface area contributed by atoms with E-state index in [1.54, 1.807) is 24.0 Å². The van der Waals surface area contributed by atoms with Crippen LogP contribution in [-0.4, -0.2) is 53.3 Å². The summed E-state index contributed by atoms with van der Waals surface area (Å²) in [5.74, 6) is 1.00. The van der Waals surface area contributed by atoms with Gasteiger partial charge in [-0.3, -0.25) is 14.5 Å². The van der Waals surface area contributed by atoms with Gasteiger partial charge in [0.2, 0.25) is 5.91 Å². The predicted molar refractivity (Wildman–Crippen MR) is 106 cm³/mol. The Morgan fingerprint density at radius 1 is 1.24 bits per heavy atom. The smallest absolute Gasteiger partial charge is 0.257 e. The number of aryl methyl sites for hydroxylation is 2. The van der Waals surface area contributed by atoms with E-state index in [1.807, 2.05) is 13.0 Å². The predicted octanol–water partition coefficient (Wildman–Crippen LogP) is 2.64. The summed E-state index contributed by atoms with van der Waals surface area (Å²) >= 11 is 0. The van der Waals surface area contributed by atoms with Crippen molar-refractivity contribution < 1.29 is 18.4 Å². The zero-order chi connectivity index (χ0) is 20.6. The summed E-state index contributed by atoms with van der Waals surface area (Å²) in [6.07, 6.45) is 1.09. The number of hydrogen-bond donors (Lipinski definition) is 1. The van der Waals surface area contributed by atoms with Gasteiger partial charge >= 0.3 is 0 Å². The summed E-state index contributed by atoms with van der Waals surface area (Å²) in [6.45, 7) is 6.46. The molecule has 2 fully saturated rings. The van der Waals surface area contributed by atoms with Gasteiger partial charge in [0.05, 0.1) is 11.1 Å². The third kappa shape index (κ3) is 4.19. The van der Waals surface area contributed by atoms with Crippen molar-refractivity contribution in [2.45, 2.75) is 38.8 Å². The van der Waals surface area contributed by atoms with Crippen LogP contribution in [0, 0.1) is 19.7 Å². The van der Waals surface area contributed by atoms with Crippen molar-refractivity contribution in [3.05, 3.63) is 58.8 Å². The number of nitrogens with one attached hydrogen (secondary N) is 1. The number of carbonyl (C=O) groups is 2. The number of nitrogens with zero attached hydrogens (tertiary/aromatic N) is 2. The van der Waals surface area contributed by atoms with E-state index in [0.29, 0.717) is 62.6 Å². The first kappa shape index (κ1) is 19.6. The molecule has 1 N–H and O–H groups in total. The molecule has 3 heterocycles. The Morgan fingerprint density at radius 3 is 2.79 bits per heavy atom. The lowest BCUT2D eigenvalue weighted by Crippen LogP contribution is -2.55. The maximum absolute atomic E-state index is 13.6. The van der Waals surface area contributed by atoms with Crippen LogP contribution in [0.4, 0.5) is 4.39 Å². The number of halogens is 1. The van der Waals surface area contributed by atoms with Gasteiger partial charge in [-0.25, -0.2) is 4.39 Å². The lowest BCUT2D eigenvalue weighted by molar-refractivity contribution is -0.122. The lowest BCUT2D eigenvalue weighted by atomic mass is 9.97. The van der Waals surface area contributed by atoms with E-state index in [2.05, 4.69) is 10.2 Å². The Bertz CT molecular complexity index is 941. The third-order valence-electron chi connectivity index (χ3n) is 5.79. The summed E-state index contributed by atoms with van der Waals surface area (Å²) < 4.78 is 19.1. The molecule has 0 radical (unpaired) electrons. The molecule has 7 heteroatoms. The normalized spacial score (nSPS) is 22.7. The van der Waals surface area contributed by atoms with Crippen LogP contribution < -0.4 is 5.32 Å². The van der Waals surface area contributed by atoms with Crippen molar-refractivity contribution in [3.63, 3.8) is 0 Å². The molecule has 2 aliphatic heterocycles. The van der Waals surface area contributed by atoms with Gasteiger partial charge in [-0.1, -0.05) is 12.1 Å². The van der Waals surface area contributed by atoms with E-state index in [1.165, 1.54) is 12.1 Å². The largest absolute Gasteiger partial charge is 0.466 e. The van der Waals surface area contributed by atoms with Crippen LogP contribution in [0.25, 0.3) is 0 Å². The van der Waals surface area contributed by atoms with Crippen LogP contribution in [0.1, 0.15) is 40.3 Å². The lowest BCUT2D eigenvalue weighted by Gasteiger charge is -2.33. The van der Waals surface area contributed by atoms with E-state index in [9.17, 15) is 14.0 Å². The Labute approximate surface area is 169 Å². The van der Waals surface area contributed by atoms with Crippen LogP contribution in [0.15, 0.2) is 34.7 Å². The van der Waals surface area contributed by atoms with E-state index in [0.717, 1.165) is 5.56 Å². The number of likely N-dealkylation sites (tertiary alicyclic amines) is 1. The number of furan rings is 1. The quantitative estimate of drug-likeness (QED) is 0.862. The summed E-state index contributed by atoms with van der Waals surface area (Å²) in [7, 11) is 0. The monoisotopic (exact) mass is 399 g/mol. The molecule has 1 unspecified atom stereocenters. The molecule has 2 aromatic rings. The molecule has 6 nitrogen and oxygen atoms in total. The van der Waals surface area contributed by atoms with Gasteiger partial charge in [-0.05, 0) is 44.0 Å². The number of amides is 2. The second-order valence-electron chi connectivity index (χ2n) is 8.22. The van der Waals surface area contributed by atoms with E-state index >= 15 is 0 Å². The molecule has 0 saturated carbocycles. The molecule has 0 aliphatic carbocycles. The van der Waals surface area contributed by atoms with E-state index < -0.39 is 5.54 Å². The Morgan fingerprint density at radius 2 is 2.07 bits per heavy atom. The number of benzene rings is 1. The maximum Gasteiger partial charge on any atom is 0.257 e. The summed E-state index contributed by atoms with van der Waals surface area (Å²) in [4.78, 5) is 29.3. The molecule has 154 valence electrons. The molecule has 0 bridgehead atoms. The molecule has 29 heavy (non-hydrogen) atoms. The molecule has 4 rings (SSSR count). The van der Waals surface area contributed by atoms with Crippen LogP contribution in [0.2, 0.25) is 0 Å². The average molecular weight is 399 g/mol. The van der Waals surface area contributed by atoms with Gasteiger partial charge in [0, 0.05) is 39.1 Å². The molecule has 1 spiro atoms. The second-order valence-corrected chi connectivity index (χ2v) is 8.22. The first-order valence-electron chi connectivity index (χ1n) is 9.98. The van der Waals surface area contributed by atoms with Gasteiger partial charge in [-0.15, -0.1) is 0 Å². The molecule has 1 aromatic carbocycles. The highest BCUT2D eigenvalue weighted by atomic mass is 19.1. The molecule has 1 aromatic heterocycles. The summed E-state index contributed by atoms with van der Waals surface area (Å²) in [5, 5.41) is 3.17. The van der Waals surface area contributed by atoms with Crippen LogP contribution in [-0.2, 0) is 11.3 Å². The molecule has 1 atom stereocenters. The zero-order valence-corrected chi connectivity index (χ0v) is 16.8. The summed E-state index contributed by atoms with van der Waals surface area (Å²) in [5.41, 5.74) is 0.976. The van der Waals surface area contributed by atoms with Crippen molar-refractivity contribution in [2.24, 2.45) is 0 Å². The first-order chi connectivity index (χ1) is 13.8. The average Bonchev–Trinajstić information content (AvgIpc) is 3.17. The number of hydrogen-bond acceptors (Lipinski definition) is 4. The fraction of sp³-hybridized carbons (Fsp3) is 0.455. The van der Waals surface area contributed by atoms with Gasteiger partial charge in [0.1, 0.15) is 17.3 Å².